The molecule has 0 aromatic carbocycles. The maximum atomic E-state index is 11.0. The average Bonchev–Trinajstić information content (AvgIpc) is 2.04. The fourth-order valence-corrected chi connectivity index (χ4v) is 1.70. The molecule has 0 spiro atoms. The van der Waals surface area contributed by atoms with Crippen LogP contribution in [0.3, 0.4) is 0 Å². The molecular weight excluding hydrogens is 239 g/mol. The van der Waals surface area contributed by atoms with Gasteiger partial charge in [-0.15, -0.1) is 0 Å². The second-order valence-electron chi connectivity index (χ2n) is 2.38. The minimum atomic E-state index is -0.0776. The van der Waals surface area contributed by atoms with E-state index in [0.717, 1.165) is 18.5 Å². The molecule has 0 atom stereocenters. The van der Waals surface area contributed by atoms with Crippen molar-refractivity contribution >= 4 is 25.1 Å². The molecule has 0 saturated heterocycles. The van der Waals surface area contributed by atoms with E-state index in [1.54, 1.807) is 6.07 Å². The van der Waals surface area contributed by atoms with E-state index in [0.29, 0.717) is 5.16 Å². The Balaban J connectivity index is 2.98. The van der Waals surface area contributed by atoms with Crippen LogP contribution >= 0.6 is 10.2 Å². The Kier molecular flexibility index (Phi) is 3.85. The molecule has 1 N–H and O–H groups in total. The second-order valence-corrected chi connectivity index (χ2v) is 3.98. The van der Waals surface area contributed by atoms with E-state index in [1.807, 2.05) is 0 Å². The SMILES string of the molecule is CCCc1cc(=O)[nH]c(S[Se-])n1. The molecule has 0 aliphatic heterocycles. The molecule has 66 valence electrons. The summed E-state index contributed by atoms with van der Waals surface area (Å²) in [6.45, 7) is 2.06. The molecule has 5 heteroatoms. The third-order valence-corrected chi connectivity index (χ3v) is 2.70. The molecule has 0 radical (unpaired) electrons. The predicted molar refractivity (Wildman–Crippen MR) is 50.5 cm³/mol. The molecular formula is C7H9N2OSSe-. The molecule has 0 unspecified atom stereocenters. The summed E-state index contributed by atoms with van der Waals surface area (Å²) in [6.07, 6.45) is 1.87. The monoisotopic (exact) mass is 249 g/mol. The topological polar surface area (TPSA) is 45.8 Å². The number of nitrogens with zero attached hydrogens (tertiary/aromatic N) is 1. The molecule has 1 aromatic rings. The van der Waals surface area contributed by atoms with Crippen molar-refractivity contribution in [2.45, 2.75) is 24.9 Å². The number of aryl methyl sites for hydroxylation is 1. The first-order valence-electron chi connectivity index (χ1n) is 3.66. The van der Waals surface area contributed by atoms with Crippen LogP contribution in [-0.4, -0.2) is 24.9 Å². The minimum absolute atomic E-state index is 0.0776. The van der Waals surface area contributed by atoms with Gasteiger partial charge in [-0.1, -0.05) is 0 Å². The zero-order chi connectivity index (χ0) is 8.97. The summed E-state index contributed by atoms with van der Waals surface area (Å²) in [4.78, 5) is 17.9. The van der Waals surface area contributed by atoms with Crippen molar-refractivity contribution in [3.63, 3.8) is 0 Å². The standard InChI is InChI=1S/C7H10N2OSSe/c1-2-3-5-4-6(10)9-7(8-5)11-12/h4,12H,2-3H2,1H3,(H,8,9,10)/p-1. The molecule has 0 amide bonds. The van der Waals surface area contributed by atoms with Gasteiger partial charge in [-0.05, 0) is 0 Å². The number of H-pyrrole nitrogens is 1. The zero-order valence-corrected chi connectivity index (χ0v) is 9.19. The van der Waals surface area contributed by atoms with Gasteiger partial charge in [-0.2, -0.15) is 0 Å². The van der Waals surface area contributed by atoms with Crippen LogP contribution in [0.1, 0.15) is 19.0 Å². The molecule has 3 nitrogen and oxygen atoms in total. The number of rotatable bonds is 3. The Morgan fingerprint density at radius 2 is 2.50 bits per heavy atom. The number of nitrogens with one attached hydrogen (secondary N) is 1. The van der Waals surface area contributed by atoms with E-state index in [1.165, 1.54) is 10.2 Å². The van der Waals surface area contributed by atoms with Crippen LogP contribution in [-0.2, 0) is 6.42 Å². The summed E-state index contributed by atoms with van der Waals surface area (Å²) in [6, 6.07) is 1.54. The van der Waals surface area contributed by atoms with E-state index >= 15 is 0 Å². The fraction of sp³-hybridized carbons (Fsp3) is 0.429. The Morgan fingerprint density at radius 3 is 3.08 bits per heavy atom. The van der Waals surface area contributed by atoms with Gasteiger partial charge in [0.15, 0.2) is 0 Å². The number of hydrogen-bond acceptors (Lipinski definition) is 3. The van der Waals surface area contributed by atoms with E-state index in [2.05, 4.69) is 31.8 Å². The first-order valence-corrected chi connectivity index (χ1v) is 6.50. The molecule has 1 rings (SSSR count). The van der Waals surface area contributed by atoms with Crippen molar-refractivity contribution < 1.29 is 0 Å². The third kappa shape index (κ3) is 2.66. The van der Waals surface area contributed by atoms with Gasteiger partial charge >= 0.3 is 82.1 Å². The van der Waals surface area contributed by atoms with Crippen LogP contribution in [0.4, 0.5) is 0 Å². The molecule has 0 aliphatic carbocycles. The average molecular weight is 248 g/mol. The normalized spacial score (nSPS) is 10.2. The predicted octanol–water partition coefficient (Wildman–Crippen LogP) is 0.898. The van der Waals surface area contributed by atoms with Crippen molar-refractivity contribution in [3.05, 3.63) is 22.1 Å². The zero-order valence-electron chi connectivity index (χ0n) is 6.66. The molecule has 0 aliphatic rings. The quantitative estimate of drug-likeness (QED) is 0.638. The molecule has 12 heavy (non-hydrogen) atoms. The van der Waals surface area contributed by atoms with Crippen LogP contribution in [0, 0.1) is 0 Å². The summed E-state index contributed by atoms with van der Waals surface area (Å²) >= 11 is 2.74. The van der Waals surface area contributed by atoms with Gasteiger partial charge < -0.3 is 0 Å². The number of hydrogen-bond donors (Lipinski definition) is 1. The van der Waals surface area contributed by atoms with Crippen molar-refractivity contribution in [3.8, 4) is 0 Å². The molecule has 0 bridgehead atoms. The van der Waals surface area contributed by atoms with Gasteiger partial charge in [-0.25, -0.2) is 0 Å². The van der Waals surface area contributed by atoms with E-state index < -0.39 is 0 Å². The van der Waals surface area contributed by atoms with Gasteiger partial charge in [0.2, 0.25) is 0 Å². The first kappa shape index (κ1) is 9.83. The van der Waals surface area contributed by atoms with Gasteiger partial charge in [0.25, 0.3) is 0 Å². The maximum absolute atomic E-state index is 11.0. The van der Waals surface area contributed by atoms with Crippen molar-refractivity contribution in [2.75, 3.05) is 0 Å². The summed E-state index contributed by atoms with van der Waals surface area (Å²) in [7, 11) is 1.33. The van der Waals surface area contributed by atoms with E-state index in [9.17, 15) is 4.79 Å². The summed E-state index contributed by atoms with van der Waals surface area (Å²) in [5.74, 6) is 0. The Bertz CT molecular complexity index is 313. The second kappa shape index (κ2) is 4.70. The fourth-order valence-electron chi connectivity index (χ4n) is 0.907. The molecule has 0 saturated carbocycles. The van der Waals surface area contributed by atoms with Crippen LogP contribution in [0.2, 0.25) is 0 Å². The van der Waals surface area contributed by atoms with Gasteiger partial charge in [0.05, 0.1) is 0 Å². The molecule has 1 aromatic heterocycles. The van der Waals surface area contributed by atoms with Gasteiger partial charge in [-0.3, -0.25) is 0 Å². The third-order valence-electron chi connectivity index (χ3n) is 1.36. The van der Waals surface area contributed by atoms with Crippen molar-refractivity contribution in [1.29, 1.82) is 0 Å². The first-order chi connectivity index (χ1) is 5.76. The Hall–Kier alpha value is -0.251. The summed E-state index contributed by atoms with van der Waals surface area (Å²) < 4.78 is 0. The Labute approximate surface area is 82.3 Å². The summed E-state index contributed by atoms with van der Waals surface area (Å²) in [5.41, 5.74) is 0.783. The van der Waals surface area contributed by atoms with Crippen molar-refractivity contribution in [2.24, 2.45) is 0 Å². The molecule has 1 heterocycles. The number of aromatic nitrogens is 2. The molecule has 0 fully saturated rings. The van der Waals surface area contributed by atoms with E-state index in [4.69, 9.17) is 0 Å². The summed E-state index contributed by atoms with van der Waals surface area (Å²) in [5, 5.41) is 0.644. The van der Waals surface area contributed by atoms with Crippen LogP contribution in [0.5, 0.6) is 0 Å². The van der Waals surface area contributed by atoms with Crippen LogP contribution in [0.15, 0.2) is 16.0 Å². The number of aromatic amines is 1. The van der Waals surface area contributed by atoms with Crippen molar-refractivity contribution in [1.82, 2.24) is 9.97 Å². The van der Waals surface area contributed by atoms with Gasteiger partial charge in [0.1, 0.15) is 0 Å². The van der Waals surface area contributed by atoms with Crippen LogP contribution in [0.25, 0.3) is 0 Å². The van der Waals surface area contributed by atoms with E-state index in [-0.39, 0.29) is 5.56 Å². The van der Waals surface area contributed by atoms with Gasteiger partial charge in [0, 0.05) is 0 Å². The van der Waals surface area contributed by atoms with Crippen LogP contribution < -0.4 is 5.56 Å². The Morgan fingerprint density at radius 1 is 1.75 bits per heavy atom.